The summed E-state index contributed by atoms with van der Waals surface area (Å²) in [6.07, 6.45) is -2.76. The first-order valence-corrected chi connectivity index (χ1v) is 6.89. The van der Waals surface area contributed by atoms with Crippen LogP contribution in [-0.4, -0.2) is 23.8 Å². The van der Waals surface area contributed by atoms with Crippen molar-refractivity contribution in [2.75, 3.05) is 11.4 Å². The average molecular weight is 298 g/mol. The third-order valence-corrected chi connectivity index (χ3v) is 3.75. The van der Waals surface area contributed by atoms with Gasteiger partial charge in [-0.1, -0.05) is 0 Å². The molecule has 1 aliphatic rings. The first-order chi connectivity index (χ1) is 9.82. The van der Waals surface area contributed by atoms with Gasteiger partial charge < -0.3 is 10.0 Å². The van der Waals surface area contributed by atoms with E-state index < -0.39 is 17.8 Å². The molecule has 1 fully saturated rings. The van der Waals surface area contributed by atoms with Gasteiger partial charge in [0.15, 0.2) is 0 Å². The van der Waals surface area contributed by atoms with Crippen LogP contribution in [0, 0.1) is 11.3 Å². The second-order valence-corrected chi connectivity index (χ2v) is 5.41. The summed E-state index contributed by atoms with van der Waals surface area (Å²) in [6, 6.07) is 5.43. The van der Waals surface area contributed by atoms with Crippen molar-refractivity contribution in [2.45, 2.75) is 44.5 Å². The van der Waals surface area contributed by atoms with E-state index in [1.54, 1.807) is 19.1 Å². The molecule has 0 saturated carbocycles. The summed E-state index contributed by atoms with van der Waals surface area (Å²) < 4.78 is 39.0. The Morgan fingerprint density at radius 1 is 1.48 bits per heavy atom. The second-order valence-electron chi connectivity index (χ2n) is 5.41. The smallest absolute Gasteiger partial charge is 0.393 e. The van der Waals surface area contributed by atoms with Crippen molar-refractivity contribution in [3.8, 4) is 6.07 Å². The minimum Gasteiger partial charge on any atom is -0.393 e. The van der Waals surface area contributed by atoms with Crippen LogP contribution in [0.15, 0.2) is 18.2 Å². The molecular weight excluding hydrogens is 281 g/mol. The van der Waals surface area contributed by atoms with Crippen LogP contribution in [0.2, 0.25) is 0 Å². The van der Waals surface area contributed by atoms with Gasteiger partial charge in [0, 0.05) is 18.3 Å². The molecule has 0 bridgehead atoms. The molecule has 0 spiro atoms. The van der Waals surface area contributed by atoms with E-state index in [0.29, 0.717) is 18.7 Å². The van der Waals surface area contributed by atoms with Crippen molar-refractivity contribution in [1.82, 2.24) is 0 Å². The van der Waals surface area contributed by atoms with Gasteiger partial charge in [0.25, 0.3) is 0 Å². The Bertz CT molecular complexity index is 549. The quantitative estimate of drug-likeness (QED) is 0.931. The maximum absolute atomic E-state index is 13.0. The Morgan fingerprint density at radius 3 is 2.76 bits per heavy atom. The lowest BCUT2D eigenvalue weighted by atomic mass is 10.0. The van der Waals surface area contributed by atoms with E-state index >= 15 is 0 Å². The van der Waals surface area contributed by atoms with Crippen LogP contribution in [0.5, 0.6) is 0 Å². The molecule has 3 nitrogen and oxygen atoms in total. The molecule has 2 atom stereocenters. The predicted octanol–water partition coefficient (Wildman–Crippen LogP) is 3.32. The van der Waals surface area contributed by atoms with Crippen molar-refractivity contribution in [1.29, 1.82) is 5.26 Å². The van der Waals surface area contributed by atoms with Gasteiger partial charge in [-0.15, -0.1) is 0 Å². The van der Waals surface area contributed by atoms with Crippen LogP contribution in [0.25, 0.3) is 0 Å². The zero-order chi connectivity index (χ0) is 15.6. The highest BCUT2D eigenvalue weighted by molar-refractivity contribution is 5.56. The number of hydrogen-bond donors (Lipinski definition) is 1. The molecule has 0 unspecified atom stereocenters. The molecule has 6 heteroatoms. The van der Waals surface area contributed by atoms with Crippen LogP contribution in [0.4, 0.5) is 18.9 Å². The molecule has 2 rings (SSSR count). The van der Waals surface area contributed by atoms with Crippen LogP contribution in [-0.2, 0) is 6.18 Å². The molecule has 114 valence electrons. The SMILES string of the molecule is C[C@@H](O)C[C@@H]1CCCN1c1ccc(C#N)c(C(F)(F)F)c1. The molecule has 0 radical (unpaired) electrons. The fraction of sp³-hybridized carbons (Fsp3) is 0.533. The third kappa shape index (κ3) is 3.48. The van der Waals surface area contributed by atoms with Crippen molar-refractivity contribution in [2.24, 2.45) is 0 Å². The van der Waals surface area contributed by atoms with Gasteiger partial charge in [0.1, 0.15) is 0 Å². The first kappa shape index (κ1) is 15.6. The molecule has 1 aromatic carbocycles. The molecule has 0 aromatic heterocycles. The molecule has 21 heavy (non-hydrogen) atoms. The Kier molecular flexibility index (Phi) is 4.43. The van der Waals surface area contributed by atoms with Gasteiger partial charge in [0.2, 0.25) is 0 Å². The number of aliphatic hydroxyl groups excluding tert-OH is 1. The largest absolute Gasteiger partial charge is 0.417 e. The summed E-state index contributed by atoms with van der Waals surface area (Å²) in [6.45, 7) is 2.34. The van der Waals surface area contributed by atoms with E-state index in [1.807, 2.05) is 4.90 Å². The van der Waals surface area contributed by atoms with Gasteiger partial charge >= 0.3 is 6.18 Å². The summed E-state index contributed by atoms with van der Waals surface area (Å²) in [5.74, 6) is 0. The van der Waals surface area contributed by atoms with Crippen LogP contribution in [0.3, 0.4) is 0 Å². The normalized spacial score (nSPS) is 20.4. The lowest BCUT2D eigenvalue weighted by Crippen LogP contribution is -2.32. The Hall–Kier alpha value is -1.74. The third-order valence-electron chi connectivity index (χ3n) is 3.75. The van der Waals surface area contributed by atoms with E-state index in [9.17, 15) is 18.3 Å². The molecule has 1 aromatic rings. The molecular formula is C15H17F3N2O. The predicted molar refractivity (Wildman–Crippen MR) is 72.8 cm³/mol. The van der Waals surface area contributed by atoms with Gasteiger partial charge in [0.05, 0.1) is 23.3 Å². The fourth-order valence-electron chi connectivity index (χ4n) is 2.86. The number of nitriles is 1. The fourth-order valence-corrected chi connectivity index (χ4v) is 2.86. The number of benzene rings is 1. The summed E-state index contributed by atoms with van der Waals surface area (Å²) in [5, 5.41) is 18.3. The van der Waals surface area contributed by atoms with E-state index in [4.69, 9.17) is 5.26 Å². The highest BCUT2D eigenvalue weighted by Crippen LogP contribution is 2.36. The monoisotopic (exact) mass is 298 g/mol. The Morgan fingerprint density at radius 2 is 2.19 bits per heavy atom. The maximum Gasteiger partial charge on any atom is 0.417 e. The van der Waals surface area contributed by atoms with Crippen LogP contribution in [0.1, 0.15) is 37.3 Å². The number of hydrogen-bond acceptors (Lipinski definition) is 3. The summed E-state index contributed by atoms with van der Waals surface area (Å²) in [7, 11) is 0. The lowest BCUT2D eigenvalue weighted by Gasteiger charge is -2.28. The molecule has 1 heterocycles. The molecule has 0 aliphatic carbocycles. The lowest BCUT2D eigenvalue weighted by molar-refractivity contribution is -0.137. The Balaban J connectivity index is 2.34. The second kappa shape index (κ2) is 5.94. The molecule has 1 saturated heterocycles. The topological polar surface area (TPSA) is 47.3 Å². The number of nitrogens with zero attached hydrogens (tertiary/aromatic N) is 2. The minimum atomic E-state index is -4.54. The Labute approximate surface area is 121 Å². The molecule has 1 N–H and O–H groups in total. The number of halogens is 3. The highest BCUT2D eigenvalue weighted by atomic mass is 19.4. The van der Waals surface area contributed by atoms with Crippen LogP contribution >= 0.6 is 0 Å². The van der Waals surface area contributed by atoms with Gasteiger partial charge in [-0.05, 0) is 44.4 Å². The first-order valence-electron chi connectivity index (χ1n) is 6.89. The van der Waals surface area contributed by atoms with Crippen molar-refractivity contribution in [3.05, 3.63) is 29.3 Å². The van der Waals surface area contributed by atoms with Crippen molar-refractivity contribution >= 4 is 5.69 Å². The van der Waals surface area contributed by atoms with E-state index in [-0.39, 0.29) is 11.6 Å². The number of rotatable bonds is 3. The maximum atomic E-state index is 13.0. The molecule has 1 aliphatic heterocycles. The van der Waals surface area contributed by atoms with Crippen LogP contribution < -0.4 is 4.90 Å². The van der Waals surface area contributed by atoms with E-state index in [0.717, 1.165) is 18.9 Å². The van der Waals surface area contributed by atoms with E-state index in [1.165, 1.54) is 6.07 Å². The standard InChI is InChI=1S/C15H17F3N2O/c1-10(21)7-12-3-2-6-20(12)13-5-4-11(9-19)14(8-13)15(16,17)18/h4-5,8,10,12,21H,2-3,6-7H2,1H3/t10-,12+/m1/s1. The average Bonchev–Trinajstić information content (AvgIpc) is 2.84. The van der Waals surface area contributed by atoms with Gasteiger partial charge in [-0.25, -0.2) is 0 Å². The number of alkyl halides is 3. The number of aliphatic hydroxyl groups is 1. The highest BCUT2D eigenvalue weighted by Gasteiger charge is 2.35. The van der Waals surface area contributed by atoms with E-state index in [2.05, 4.69) is 0 Å². The van der Waals surface area contributed by atoms with Gasteiger partial charge in [-0.3, -0.25) is 0 Å². The summed E-state index contributed by atoms with van der Waals surface area (Å²) >= 11 is 0. The number of anilines is 1. The zero-order valence-electron chi connectivity index (χ0n) is 11.7. The minimum absolute atomic E-state index is 0.0408. The summed E-state index contributed by atoms with van der Waals surface area (Å²) in [4.78, 5) is 1.89. The van der Waals surface area contributed by atoms with Gasteiger partial charge in [-0.2, -0.15) is 18.4 Å². The van der Waals surface area contributed by atoms with Crippen molar-refractivity contribution in [3.63, 3.8) is 0 Å². The summed E-state index contributed by atoms with van der Waals surface area (Å²) in [5.41, 5.74) is -0.799. The molecule has 0 amide bonds. The van der Waals surface area contributed by atoms with Crippen molar-refractivity contribution < 1.29 is 18.3 Å². The zero-order valence-corrected chi connectivity index (χ0v) is 11.7.